The molecule has 1 aliphatic carbocycles. The molecular weight excluding hydrogens is 294 g/mol. The van der Waals surface area contributed by atoms with Crippen molar-refractivity contribution in [3.05, 3.63) is 35.4 Å². The zero-order valence-electron chi connectivity index (χ0n) is 13.4. The maximum atomic E-state index is 12.4. The van der Waals surface area contributed by atoms with Crippen LogP contribution in [0.3, 0.4) is 0 Å². The highest BCUT2D eigenvalue weighted by Crippen LogP contribution is 2.42. The van der Waals surface area contributed by atoms with Crippen molar-refractivity contribution in [2.45, 2.75) is 38.8 Å². The molecule has 1 saturated heterocycles. The van der Waals surface area contributed by atoms with Crippen LogP contribution in [0.4, 0.5) is 4.79 Å². The Morgan fingerprint density at radius 3 is 2.70 bits per heavy atom. The quantitative estimate of drug-likeness (QED) is 0.805. The van der Waals surface area contributed by atoms with Crippen LogP contribution < -0.4 is 10.6 Å². The molecule has 0 spiro atoms. The summed E-state index contributed by atoms with van der Waals surface area (Å²) < 4.78 is 0. The largest absolute Gasteiger partial charge is 0.350 e. The van der Waals surface area contributed by atoms with Gasteiger partial charge in [-0.05, 0) is 43.7 Å². The van der Waals surface area contributed by atoms with Crippen molar-refractivity contribution in [1.82, 2.24) is 15.5 Å². The number of carbonyl (C=O) groups is 3. The number of imide groups is 1. The molecule has 1 atom stereocenters. The molecule has 3 rings (SSSR count). The van der Waals surface area contributed by atoms with E-state index in [2.05, 4.69) is 10.6 Å². The zero-order chi connectivity index (χ0) is 16.6. The fourth-order valence-electron chi connectivity index (χ4n) is 3.00. The monoisotopic (exact) mass is 315 g/mol. The summed E-state index contributed by atoms with van der Waals surface area (Å²) in [7, 11) is 0. The summed E-state index contributed by atoms with van der Waals surface area (Å²) in [5.74, 6) is -0.438. The molecule has 4 amide bonds. The molecule has 23 heavy (non-hydrogen) atoms. The van der Waals surface area contributed by atoms with Crippen molar-refractivity contribution in [2.24, 2.45) is 5.92 Å². The van der Waals surface area contributed by atoms with Crippen LogP contribution in [0.15, 0.2) is 24.3 Å². The lowest BCUT2D eigenvalue weighted by atomic mass is 9.96. The Morgan fingerprint density at radius 2 is 2.04 bits per heavy atom. The molecule has 6 heteroatoms. The van der Waals surface area contributed by atoms with E-state index >= 15 is 0 Å². The number of aryl methyl sites for hydroxylation is 1. The number of nitrogens with one attached hydrogen (secondary N) is 2. The summed E-state index contributed by atoms with van der Waals surface area (Å²) in [6, 6.07) is 7.28. The number of hydrogen-bond donors (Lipinski definition) is 2. The lowest BCUT2D eigenvalue weighted by Gasteiger charge is -2.20. The Hall–Kier alpha value is -2.37. The first-order chi connectivity index (χ1) is 10.9. The third-order valence-corrected chi connectivity index (χ3v) is 4.73. The van der Waals surface area contributed by atoms with Gasteiger partial charge in [0.25, 0.3) is 5.91 Å². The topological polar surface area (TPSA) is 78.5 Å². The van der Waals surface area contributed by atoms with E-state index in [0.717, 1.165) is 28.9 Å². The molecule has 1 aromatic rings. The molecule has 122 valence electrons. The maximum absolute atomic E-state index is 12.4. The third-order valence-electron chi connectivity index (χ3n) is 4.73. The summed E-state index contributed by atoms with van der Waals surface area (Å²) in [6.45, 7) is 3.87. The zero-order valence-corrected chi connectivity index (χ0v) is 13.4. The normalized spacial score (nSPS) is 23.8. The van der Waals surface area contributed by atoms with E-state index in [1.807, 2.05) is 31.2 Å². The summed E-state index contributed by atoms with van der Waals surface area (Å²) in [5, 5.41) is 5.50. The Morgan fingerprint density at radius 1 is 1.35 bits per heavy atom. The average molecular weight is 315 g/mol. The van der Waals surface area contributed by atoms with Gasteiger partial charge >= 0.3 is 6.03 Å². The van der Waals surface area contributed by atoms with Gasteiger partial charge < -0.3 is 10.6 Å². The standard InChI is InChI=1S/C17H21N3O3/c1-11-5-3-4-6-12(11)9-18-14(21)10-20-15(22)17(2,13-7-8-13)19-16(20)23/h3-6,13H,7-10H2,1-2H3,(H,18,21)(H,19,23)/t17-/m0/s1. The van der Waals surface area contributed by atoms with Gasteiger partial charge in [0.1, 0.15) is 12.1 Å². The smallest absolute Gasteiger partial charge is 0.325 e. The molecular formula is C17H21N3O3. The van der Waals surface area contributed by atoms with Crippen LogP contribution in [0.25, 0.3) is 0 Å². The summed E-state index contributed by atoms with van der Waals surface area (Å²) >= 11 is 0. The van der Waals surface area contributed by atoms with Crippen molar-refractivity contribution in [3.8, 4) is 0 Å². The van der Waals surface area contributed by atoms with Crippen molar-refractivity contribution < 1.29 is 14.4 Å². The molecule has 1 heterocycles. The molecule has 0 radical (unpaired) electrons. The lowest BCUT2D eigenvalue weighted by Crippen LogP contribution is -2.46. The molecule has 1 aromatic carbocycles. The number of nitrogens with zero attached hydrogens (tertiary/aromatic N) is 1. The number of urea groups is 1. The van der Waals surface area contributed by atoms with Gasteiger partial charge in [-0.2, -0.15) is 0 Å². The molecule has 2 N–H and O–H groups in total. The van der Waals surface area contributed by atoms with Gasteiger partial charge in [0.15, 0.2) is 0 Å². The molecule has 6 nitrogen and oxygen atoms in total. The Kier molecular flexibility index (Phi) is 3.83. The SMILES string of the molecule is Cc1ccccc1CNC(=O)CN1C(=O)N[C@@](C)(C2CC2)C1=O. The first kappa shape index (κ1) is 15.5. The third kappa shape index (κ3) is 2.93. The second-order valence-electron chi connectivity index (χ2n) is 6.50. The minimum absolute atomic E-state index is 0.193. The van der Waals surface area contributed by atoms with Crippen LogP contribution in [0.1, 0.15) is 30.9 Å². The molecule has 1 saturated carbocycles. The van der Waals surface area contributed by atoms with Crippen molar-refractivity contribution in [2.75, 3.05) is 6.54 Å². The number of amides is 4. The van der Waals surface area contributed by atoms with Gasteiger partial charge in [-0.3, -0.25) is 14.5 Å². The Bertz CT molecular complexity index is 669. The lowest BCUT2D eigenvalue weighted by molar-refractivity contribution is -0.135. The van der Waals surface area contributed by atoms with E-state index in [9.17, 15) is 14.4 Å². The highest BCUT2D eigenvalue weighted by Gasteiger charge is 2.56. The van der Waals surface area contributed by atoms with Gasteiger partial charge in [0.2, 0.25) is 5.91 Å². The van der Waals surface area contributed by atoms with Gasteiger partial charge in [0.05, 0.1) is 0 Å². The van der Waals surface area contributed by atoms with Crippen molar-refractivity contribution in [3.63, 3.8) is 0 Å². The minimum Gasteiger partial charge on any atom is -0.350 e. The van der Waals surface area contributed by atoms with E-state index in [4.69, 9.17) is 0 Å². The second kappa shape index (κ2) is 5.68. The van der Waals surface area contributed by atoms with Gasteiger partial charge in [-0.15, -0.1) is 0 Å². The van der Waals surface area contributed by atoms with Crippen LogP contribution in [0.5, 0.6) is 0 Å². The van der Waals surface area contributed by atoms with Crippen LogP contribution >= 0.6 is 0 Å². The van der Waals surface area contributed by atoms with Gasteiger partial charge in [-0.1, -0.05) is 24.3 Å². The maximum Gasteiger partial charge on any atom is 0.325 e. The molecule has 0 unspecified atom stereocenters. The summed E-state index contributed by atoms with van der Waals surface area (Å²) in [6.07, 6.45) is 1.88. The second-order valence-corrected chi connectivity index (χ2v) is 6.50. The number of hydrogen-bond acceptors (Lipinski definition) is 3. The number of rotatable bonds is 5. The highest BCUT2D eigenvalue weighted by molar-refractivity contribution is 6.09. The molecule has 1 aliphatic heterocycles. The first-order valence-corrected chi connectivity index (χ1v) is 7.87. The fraction of sp³-hybridized carbons (Fsp3) is 0.471. The number of benzene rings is 1. The first-order valence-electron chi connectivity index (χ1n) is 7.87. The highest BCUT2D eigenvalue weighted by atomic mass is 16.2. The fourth-order valence-corrected chi connectivity index (χ4v) is 3.00. The Balaban J connectivity index is 1.59. The average Bonchev–Trinajstić information content (AvgIpc) is 3.33. The molecule has 0 bridgehead atoms. The summed E-state index contributed by atoms with van der Waals surface area (Å²) in [4.78, 5) is 37.6. The molecule has 2 fully saturated rings. The van der Waals surface area contributed by atoms with E-state index in [1.165, 1.54) is 0 Å². The number of carbonyl (C=O) groups excluding carboxylic acids is 3. The van der Waals surface area contributed by atoms with Crippen LogP contribution in [0.2, 0.25) is 0 Å². The van der Waals surface area contributed by atoms with E-state index in [1.54, 1.807) is 6.92 Å². The van der Waals surface area contributed by atoms with Crippen LogP contribution in [0, 0.1) is 12.8 Å². The van der Waals surface area contributed by atoms with Crippen molar-refractivity contribution >= 4 is 17.8 Å². The predicted octanol–water partition coefficient (Wildman–Crippen LogP) is 1.33. The predicted molar refractivity (Wildman–Crippen MR) is 84.4 cm³/mol. The van der Waals surface area contributed by atoms with Crippen molar-refractivity contribution in [1.29, 1.82) is 0 Å². The van der Waals surface area contributed by atoms with Crippen LogP contribution in [-0.4, -0.2) is 34.8 Å². The molecule has 2 aliphatic rings. The minimum atomic E-state index is -0.840. The van der Waals surface area contributed by atoms with E-state index in [-0.39, 0.29) is 24.3 Å². The van der Waals surface area contributed by atoms with E-state index < -0.39 is 11.6 Å². The van der Waals surface area contributed by atoms with Gasteiger partial charge in [0, 0.05) is 6.54 Å². The summed E-state index contributed by atoms with van der Waals surface area (Å²) in [5.41, 5.74) is 1.26. The Labute approximate surface area is 135 Å². The van der Waals surface area contributed by atoms with Gasteiger partial charge in [-0.25, -0.2) is 4.79 Å². The van der Waals surface area contributed by atoms with Crippen LogP contribution in [-0.2, 0) is 16.1 Å². The van der Waals surface area contributed by atoms with E-state index in [0.29, 0.717) is 6.54 Å². The molecule has 0 aromatic heterocycles.